The molecule has 8 heterocycles. The van der Waals surface area contributed by atoms with Gasteiger partial charge in [-0.3, -0.25) is 14.2 Å². The molecule has 0 aliphatic carbocycles. The smallest absolute Gasteiger partial charge is 0.264 e. The molecular formula is C56H68ClF2N11O2. The topological polar surface area (TPSA) is 105 Å². The van der Waals surface area contributed by atoms with Crippen LogP contribution in [0, 0.1) is 16.7 Å². The molecule has 72 heavy (non-hydrogen) atoms. The molecule has 0 N–H and O–H groups in total. The zero-order valence-corrected chi connectivity index (χ0v) is 43.1. The van der Waals surface area contributed by atoms with Crippen LogP contribution in [0.2, 0.25) is 5.02 Å². The van der Waals surface area contributed by atoms with Gasteiger partial charge in [0.25, 0.3) is 6.43 Å². The maximum absolute atomic E-state index is 14.8. The van der Waals surface area contributed by atoms with Crippen LogP contribution in [-0.4, -0.2) is 119 Å². The van der Waals surface area contributed by atoms with E-state index in [0.29, 0.717) is 59.2 Å². The van der Waals surface area contributed by atoms with Gasteiger partial charge in [-0.25, -0.2) is 8.78 Å². The second kappa shape index (κ2) is 19.6. The number of carbonyl (C=O) groups excluding carboxylic acids is 1. The van der Waals surface area contributed by atoms with Crippen LogP contribution in [0.4, 0.5) is 37.3 Å². The van der Waals surface area contributed by atoms with Gasteiger partial charge in [-0.05, 0) is 136 Å². The summed E-state index contributed by atoms with van der Waals surface area (Å²) >= 11 is 6.44. The van der Waals surface area contributed by atoms with E-state index >= 15 is 0 Å². The number of amides is 1. The monoisotopic (exact) mass is 1000 g/mol. The summed E-state index contributed by atoms with van der Waals surface area (Å²) < 4.78 is 40.0. The van der Waals surface area contributed by atoms with Gasteiger partial charge in [-0.15, -0.1) is 0 Å². The molecule has 0 radical (unpaired) electrons. The molecule has 0 unspecified atom stereocenters. The molecule has 0 saturated carbocycles. The second-order valence-electron chi connectivity index (χ2n) is 21.8. The third-order valence-corrected chi connectivity index (χ3v) is 17.8. The molecule has 3 aromatic carbocycles. The quantitative estimate of drug-likeness (QED) is 0.134. The third-order valence-electron chi connectivity index (χ3n) is 17.5. The average molecular weight is 1000 g/mol. The van der Waals surface area contributed by atoms with Crippen molar-refractivity contribution in [1.82, 2.24) is 29.4 Å². The van der Waals surface area contributed by atoms with Crippen molar-refractivity contribution in [1.29, 1.82) is 5.26 Å². The summed E-state index contributed by atoms with van der Waals surface area (Å²) in [6.07, 6.45) is 10.5. The molecule has 1 amide bonds. The standard InChI is InChI=1S/C56H68ClF2N11O2/c1-38-31-55(36-69(38)46-8-7-41(32-60)50(57)29-46)16-24-65(25-17-55)43-9-11-44(12-10-43)66-26-18-56(72-4,19-27-66)37-64-21-13-45(14-22-64)70-51-15-23-67(39(2)71)35-49(51)54(62-70)68-20-5-6-40-28-47(42-33-61-63(3)34-42)48(53(58)59)30-52(40)68/h7-12,28-30,33-34,38,45,53H,5-6,13-27,31,35-37H2,1-4H3/t38-/m0/s1. The molecule has 4 fully saturated rings. The molecule has 1 atom stereocenters. The van der Waals surface area contributed by atoms with Gasteiger partial charge in [0.05, 0.1) is 35.0 Å². The number of halogens is 3. The minimum Gasteiger partial charge on any atom is -0.377 e. The van der Waals surface area contributed by atoms with Crippen LogP contribution in [0.5, 0.6) is 0 Å². The number of rotatable bonds is 10. The first-order valence-corrected chi connectivity index (χ1v) is 26.6. The first-order chi connectivity index (χ1) is 34.8. The Morgan fingerprint density at radius 1 is 0.917 bits per heavy atom. The van der Waals surface area contributed by atoms with E-state index in [9.17, 15) is 18.8 Å². The number of ether oxygens (including phenoxy) is 1. The van der Waals surface area contributed by atoms with Crippen LogP contribution >= 0.6 is 11.6 Å². The lowest BCUT2D eigenvalue weighted by molar-refractivity contribution is -0.129. The number of aryl methyl sites for hydroxylation is 2. The number of aromatic nitrogens is 4. The Bertz CT molecular complexity index is 2830. The first-order valence-electron chi connectivity index (χ1n) is 26.2. The summed E-state index contributed by atoms with van der Waals surface area (Å²) in [5, 5.41) is 19.6. The Balaban J connectivity index is 0.714. The number of nitrogens with zero attached hydrogens (tertiary/aromatic N) is 11. The summed E-state index contributed by atoms with van der Waals surface area (Å²) in [6, 6.07) is 21.5. The van der Waals surface area contributed by atoms with E-state index < -0.39 is 6.43 Å². The molecule has 13 nitrogen and oxygen atoms in total. The van der Waals surface area contributed by atoms with Gasteiger partial charge in [0.2, 0.25) is 5.91 Å². The number of anilines is 5. The molecular weight excluding hydrogens is 932 g/mol. The lowest BCUT2D eigenvalue weighted by Gasteiger charge is -2.45. The Hall–Kier alpha value is -5.69. The van der Waals surface area contributed by atoms with Crippen LogP contribution in [-0.2, 0) is 36.0 Å². The van der Waals surface area contributed by atoms with Crippen molar-refractivity contribution in [3.63, 3.8) is 0 Å². The van der Waals surface area contributed by atoms with Gasteiger partial charge in [0, 0.05) is 150 Å². The summed E-state index contributed by atoms with van der Waals surface area (Å²) in [5.41, 5.74) is 9.51. The lowest BCUT2D eigenvalue weighted by Crippen LogP contribution is -2.53. The Morgan fingerprint density at radius 3 is 2.24 bits per heavy atom. The largest absolute Gasteiger partial charge is 0.377 e. The zero-order chi connectivity index (χ0) is 49.9. The number of hydrogen-bond acceptors (Lipinski definition) is 10. The van der Waals surface area contributed by atoms with E-state index in [0.717, 1.165) is 132 Å². The number of carbonyl (C=O) groups is 1. The summed E-state index contributed by atoms with van der Waals surface area (Å²) in [6.45, 7) is 13.5. The predicted molar refractivity (Wildman–Crippen MR) is 280 cm³/mol. The molecule has 4 saturated heterocycles. The maximum atomic E-state index is 14.8. The van der Waals surface area contributed by atoms with Crippen LogP contribution in [0.3, 0.4) is 0 Å². The fraction of sp³-hybridized carbons (Fsp3) is 0.536. The van der Waals surface area contributed by atoms with Crippen LogP contribution in [0.1, 0.15) is 106 Å². The molecule has 2 aromatic heterocycles. The van der Waals surface area contributed by atoms with Crippen molar-refractivity contribution in [3.8, 4) is 17.2 Å². The van der Waals surface area contributed by atoms with Crippen LogP contribution in [0.25, 0.3) is 11.1 Å². The number of nitriles is 1. The van der Waals surface area contributed by atoms with Gasteiger partial charge >= 0.3 is 0 Å². The highest BCUT2D eigenvalue weighted by Crippen LogP contribution is 2.47. The average Bonchev–Trinajstić information content (AvgIpc) is 4.10. The molecule has 6 aliphatic heterocycles. The van der Waals surface area contributed by atoms with Crippen molar-refractivity contribution >= 4 is 46.1 Å². The molecule has 5 aromatic rings. The molecule has 380 valence electrons. The first kappa shape index (κ1) is 48.6. The van der Waals surface area contributed by atoms with E-state index in [2.05, 4.69) is 71.5 Å². The Labute approximate surface area is 427 Å². The molecule has 6 aliphatic rings. The molecule has 0 bridgehead atoms. The highest BCUT2D eigenvalue weighted by molar-refractivity contribution is 6.32. The summed E-state index contributed by atoms with van der Waals surface area (Å²) in [5.74, 6) is 0.833. The fourth-order valence-electron chi connectivity index (χ4n) is 13.3. The summed E-state index contributed by atoms with van der Waals surface area (Å²) in [4.78, 5) is 26.9. The van der Waals surface area contributed by atoms with Crippen molar-refractivity contribution in [2.24, 2.45) is 12.5 Å². The van der Waals surface area contributed by atoms with Gasteiger partial charge < -0.3 is 34.1 Å². The third kappa shape index (κ3) is 9.21. The fourth-order valence-corrected chi connectivity index (χ4v) is 13.5. The van der Waals surface area contributed by atoms with E-state index in [1.165, 1.54) is 23.5 Å². The second-order valence-corrected chi connectivity index (χ2v) is 22.2. The van der Waals surface area contributed by atoms with Gasteiger partial charge in [0.1, 0.15) is 6.07 Å². The van der Waals surface area contributed by atoms with E-state index in [-0.39, 0.29) is 23.1 Å². The highest BCUT2D eigenvalue weighted by Gasteiger charge is 2.45. The van der Waals surface area contributed by atoms with Crippen LogP contribution in [0.15, 0.2) is 67.0 Å². The van der Waals surface area contributed by atoms with Gasteiger partial charge in [-0.2, -0.15) is 15.5 Å². The van der Waals surface area contributed by atoms with Crippen molar-refractivity contribution in [3.05, 3.63) is 100.0 Å². The maximum Gasteiger partial charge on any atom is 0.264 e. The predicted octanol–water partition coefficient (Wildman–Crippen LogP) is 9.94. The molecule has 1 spiro atoms. The normalized spacial score (nSPS) is 21.4. The number of fused-ring (bicyclic) bond motifs is 2. The number of alkyl halides is 2. The highest BCUT2D eigenvalue weighted by atomic mass is 35.5. The Kier molecular flexibility index (Phi) is 13.2. The molecule has 11 rings (SSSR count). The number of methoxy groups -OCH3 is 1. The lowest BCUT2D eigenvalue weighted by atomic mass is 9.76. The van der Waals surface area contributed by atoms with Crippen molar-refractivity contribution in [2.45, 2.75) is 109 Å². The van der Waals surface area contributed by atoms with Crippen molar-refractivity contribution < 1.29 is 18.3 Å². The molecule has 16 heteroatoms. The number of piperidine rings is 3. The minimum absolute atomic E-state index is 0.00293. The van der Waals surface area contributed by atoms with Crippen molar-refractivity contribution in [2.75, 3.05) is 92.2 Å². The SMILES string of the molecule is COC1(CN2CCC(n3nc(N4CCCc5cc(-c6cnn(C)c6)c(C(F)F)cc54)c4c3CCN(C(C)=O)C4)CC2)CCN(c2ccc(N3CCC4(CC3)C[C@H](C)N(c3ccc(C#N)c(Cl)c3)C4)cc2)CC1. The Morgan fingerprint density at radius 2 is 1.61 bits per heavy atom. The number of likely N-dealkylation sites (tertiary alicyclic amines) is 1. The van der Waals surface area contributed by atoms with Gasteiger partial charge in [-0.1, -0.05) is 11.6 Å². The van der Waals surface area contributed by atoms with E-state index in [1.54, 1.807) is 37.1 Å². The zero-order valence-electron chi connectivity index (χ0n) is 42.3. The van der Waals surface area contributed by atoms with E-state index in [4.69, 9.17) is 21.4 Å². The van der Waals surface area contributed by atoms with E-state index in [1.807, 2.05) is 36.3 Å². The summed E-state index contributed by atoms with van der Waals surface area (Å²) in [7, 11) is 3.68. The minimum atomic E-state index is -2.65. The number of benzene rings is 3. The number of hydrogen-bond donors (Lipinski definition) is 0. The van der Waals surface area contributed by atoms with Crippen LogP contribution < -0.4 is 19.6 Å². The van der Waals surface area contributed by atoms with Gasteiger partial charge in [0.15, 0.2) is 5.82 Å².